The van der Waals surface area contributed by atoms with E-state index < -0.39 is 17.9 Å². The zero-order valence-corrected chi connectivity index (χ0v) is 8.96. The normalized spacial score (nSPS) is 12.4. The highest BCUT2D eigenvalue weighted by atomic mass is 32.2. The van der Waals surface area contributed by atoms with Gasteiger partial charge in [-0.25, -0.2) is 0 Å². The monoisotopic (exact) mass is 272 g/mol. The first-order valence-electron chi connectivity index (χ1n) is 4.27. The number of allylic oxidation sites excluding steroid dienone is 1. The first-order chi connectivity index (χ1) is 7.71. The third-order valence-corrected chi connectivity index (χ3v) is 2.56. The van der Waals surface area contributed by atoms with Gasteiger partial charge < -0.3 is 0 Å². The average Bonchev–Trinajstić information content (AvgIpc) is 2.15. The average molecular weight is 272 g/mol. The molecule has 0 spiro atoms. The number of halogens is 6. The number of thioether (sulfide) groups is 1. The van der Waals surface area contributed by atoms with E-state index in [2.05, 4.69) is 0 Å². The Morgan fingerprint density at radius 2 is 1.35 bits per heavy atom. The number of hydrogen-bond acceptors (Lipinski definition) is 1. The molecule has 0 bridgehead atoms. The first-order valence-corrected chi connectivity index (χ1v) is 5.15. The highest BCUT2D eigenvalue weighted by Gasteiger charge is 2.50. The second-order valence-corrected chi connectivity index (χ2v) is 3.90. The van der Waals surface area contributed by atoms with Crippen LogP contribution in [-0.2, 0) is 0 Å². The molecule has 7 heteroatoms. The van der Waals surface area contributed by atoms with Crippen molar-refractivity contribution in [1.29, 1.82) is 0 Å². The SMILES string of the molecule is FC(F)(F)C(=CSc1ccccc1)C(F)(F)F. The lowest BCUT2D eigenvalue weighted by atomic mass is 10.3. The Morgan fingerprint density at radius 3 is 1.76 bits per heavy atom. The maximum absolute atomic E-state index is 12.1. The van der Waals surface area contributed by atoms with Crippen molar-refractivity contribution in [2.45, 2.75) is 17.2 Å². The van der Waals surface area contributed by atoms with Crippen molar-refractivity contribution in [3.8, 4) is 0 Å². The number of benzene rings is 1. The molecule has 0 aliphatic carbocycles. The summed E-state index contributed by atoms with van der Waals surface area (Å²) in [5.74, 6) is 0. The van der Waals surface area contributed by atoms with Gasteiger partial charge in [-0.1, -0.05) is 30.0 Å². The molecular formula is C10H6F6S. The molecule has 1 aromatic carbocycles. The fourth-order valence-corrected chi connectivity index (χ4v) is 1.76. The molecule has 0 aromatic heterocycles. The fourth-order valence-electron chi connectivity index (χ4n) is 0.920. The van der Waals surface area contributed by atoms with E-state index in [0.29, 0.717) is 16.7 Å². The molecule has 1 rings (SSSR count). The molecule has 0 saturated carbocycles. The van der Waals surface area contributed by atoms with Gasteiger partial charge in [-0.05, 0) is 17.5 Å². The Labute approximate surface area is 97.3 Å². The smallest absolute Gasteiger partial charge is 0.166 e. The van der Waals surface area contributed by atoms with Crippen LogP contribution in [0.5, 0.6) is 0 Å². The quantitative estimate of drug-likeness (QED) is 0.551. The van der Waals surface area contributed by atoms with E-state index in [1.807, 2.05) is 0 Å². The van der Waals surface area contributed by atoms with Crippen molar-refractivity contribution in [3.05, 3.63) is 41.3 Å². The number of rotatable bonds is 2. The lowest BCUT2D eigenvalue weighted by molar-refractivity contribution is -0.171. The van der Waals surface area contributed by atoms with Gasteiger partial charge in [0.25, 0.3) is 0 Å². The van der Waals surface area contributed by atoms with Crippen LogP contribution in [0.4, 0.5) is 26.3 Å². The summed E-state index contributed by atoms with van der Waals surface area (Å²) in [6.07, 6.45) is -10.8. The zero-order chi connectivity index (χ0) is 13.1. The molecule has 0 heterocycles. The van der Waals surface area contributed by atoms with E-state index in [9.17, 15) is 26.3 Å². The van der Waals surface area contributed by atoms with Gasteiger partial charge >= 0.3 is 12.4 Å². The zero-order valence-electron chi connectivity index (χ0n) is 8.14. The molecule has 1 aromatic rings. The van der Waals surface area contributed by atoms with Crippen molar-refractivity contribution in [3.63, 3.8) is 0 Å². The Kier molecular flexibility index (Phi) is 4.13. The largest absolute Gasteiger partial charge is 0.421 e. The summed E-state index contributed by atoms with van der Waals surface area (Å²) < 4.78 is 72.7. The predicted octanol–water partition coefficient (Wildman–Crippen LogP) is 4.79. The molecule has 0 radical (unpaired) electrons. The topological polar surface area (TPSA) is 0 Å². The summed E-state index contributed by atoms with van der Waals surface area (Å²) in [5.41, 5.74) is -2.50. The third kappa shape index (κ3) is 4.33. The molecule has 0 amide bonds. The van der Waals surface area contributed by atoms with Crippen LogP contribution >= 0.6 is 11.8 Å². The van der Waals surface area contributed by atoms with Gasteiger partial charge in [0.1, 0.15) is 5.57 Å². The molecule has 0 aliphatic rings. The Balaban J connectivity index is 2.93. The van der Waals surface area contributed by atoms with Crippen LogP contribution < -0.4 is 0 Å². The predicted molar refractivity (Wildman–Crippen MR) is 52.5 cm³/mol. The van der Waals surface area contributed by atoms with E-state index in [4.69, 9.17) is 0 Å². The second kappa shape index (κ2) is 5.03. The summed E-state index contributed by atoms with van der Waals surface area (Å²) in [7, 11) is 0. The highest BCUT2D eigenvalue weighted by Crippen LogP contribution is 2.40. The number of alkyl halides is 6. The lowest BCUT2D eigenvalue weighted by Gasteiger charge is -2.14. The molecule has 0 N–H and O–H groups in total. The van der Waals surface area contributed by atoms with Gasteiger partial charge in [0, 0.05) is 4.90 Å². The van der Waals surface area contributed by atoms with Crippen molar-refractivity contribution >= 4 is 11.8 Å². The van der Waals surface area contributed by atoms with Gasteiger partial charge in [0.2, 0.25) is 0 Å². The Hall–Kier alpha value is -1.11. The minimum atomic E-state index is -5.40. The summed E-state index contributed by atoms with van der Waals surface area (Å²) >= 11 is 0.380. The van der Waals surface area contributed by atoms with E-state index in [-0.39, 0.29) is 5.41 Å². The minimum absolute atomic E-state index is 0.0787. The molecule has 94 valence electrons. The lowest BCUT2D eigenvalue weighted by Crippen LogP contribution is -2.25. The molecular weight excluding hydrogens is 266 g/mol. The van der Waals surface area contributed by atoms with Crippen molar-refractivity contribution in [2.75, 3.05) is 0 Å². The summed E-state index contributed by atoms with van der Waals surface area (Å²) in [6.45, 7) is 0. The second-order valence-electron chi connectivity index (χ2n) is 2.96. The van der Waals surface area contributed by atoms with Gasteiger partial charge in [0.05, 0.1) is 0 Å². The maximum Gasteiger partial charge on any atom is 0.421 e. The third-order valence-electron chi connectivity index (χ3n) is 1.67. The van der Waals surface area contributed by atoms with Crippen LogP contribution in [0.2, 0.25) is 0 Å². The van der Waals surface area contributed by atoms with Crippen molar-refractivity contribution in [1.82, 2.24) is 0 Å². The van der Waals surface area contributed by atoms with Crippen molar-refractivity contribution in [2.24, 2.45) is 0 Å². The van der Waals surface area contributed by atoms with Crippen LogP contribution in [0.15, 0.2) is 46.2 Å². The van der Waals surface area contributed by atoms with Gasteiger partial charge in [0.15, 0.2) is 0 Å². The maximum atomic E-state index is 12.1. The van der Waals surface area contributed by atoms with E-state index >= 15 is 0 Å². The molecule has 0 saturated heterocycles. The van der Waals surface area contributed by atoms with Crippen LogP contribution in [0.1, 0.15) is 0 Å². The summed E-state index contributed by atoms with van der Waals surface area (Å²) in [5, 5.41) is 0.0787. The van der Waals surface area contributed by atoms with E-state index in [0.717, 1.165) is 0 Å². The molecule has 0 unspecified atom stereocenters. The number of hydrogen-bond donors (Lipinski definition) is 0. The molecule has 17 heavy (non-hydrogen) atoms. The summed E-state index contributed by atoms with van der Waals surface area (Å²) in [6, 6.07) is 7.51. The van der Waals surface area contributed by atoms with Crippen LogP contribution in [0.3, 0.4) is 0 Å². The van der Waals surface area contributed by atoms with Gasteiger partial charge in [-0.15, -0.1) is 0 Å². The standard InChI is InChI=1S/C10H6F6S/c11-9(12,13)8(10(14,15)16)6-17-7-4-2-1-3-5-7/h1-6H. The van der Waals surface area contributed by atoms with Crippen LogP contribution in [0.25, 0.3) is 0 Å². The molecule has 0 aliphatic heterocycles. The fraction of sp³-hybridized carbons (Fsp3) is 0.200. The summed E-state index contributed by atoms with van der Waals surface area (Å²) in [4.78, 5) is 0.304. The molecule has 0 nitrogen and oxygen atoms in total. The van der Waals surface area contributed by atoms with E-state index in [1.54, 1.807) is 6.07 Å². The highest BCUT2D eigenvalue weighted by molar-refractivity contribution is 8.02. The Morgan fingerprint density at radius 1 is 0.882 bits per heavy atom. The van der Waals surface area contributed by atoms with Crippen molar-refractivity contribution < 1.29 is 26.3 Å². The Bertz CT molecular complexity index is 373. The van der Waals surface area contributed by atoms with Gasteiger partial charge in [-0.3, -0.25) is 0 Å². The van der Waals surface area contributed by atoms with Crippen LogP contribution in [-0.4, -0.2) is 12.4 Å². The first kappa shape index (κ1) is 14.0. The van der Waals surface area contributed by atoms with Gasteiger partial charge in [-0.2, -0.15) is 26.3 Å². The minimum Gasteiger partial charge on any atom is -0.166 e. The molecule has 0 fully saturated rings. The molecule has 0 atom stereocenters. The van der Waals surface area contributed by atoms with Crippen LogP contribution in [0, 0.1) is 0 Å². The van der Waals surface area contributed by atoms with E-state index in [1.165, 1.54) is 24.3 Å².